The molecule has 1 atom stereocenters. The van der Waals surface area contributed by atoms with Gasteiger partial charge in [-0.05, 0) is 32.3 Å². The average molecular weight is 390 g/mol. The topological polar surface area (TPSA) is 67.1 Å². The fourth-order valence-corrected chi connectivity index (χ4v) is 3.51. The van der Waals surface area contributed by atoms with Gasteiger partial charge in [-0.1, -0.05) is 12.5 Å². The van der Waals surface area contributed by atoms with Crippen molar-refractivity contribution in [3.8, 4) is 0 Å². The molecule has 0 radical (unpaired) electrons. The van der Waals surface area contributed by atoms with Gasteiger partial charge in [-0.2, -0.15) is 0 Å². The number of aliphatic imine (C=N–C) groups is 1. The van der Waals surface area contributed by atoms with Crippen LogP contribution in [-0.4, -0.2) is 34.3 Å². The van der Waals surface area contributed by atoms with Crippen LogP contribution in [0.5, 0.6) is 0 Å². The molecule has 8 heteroatoms. The number of hydrogen-bond donors (Lipinski definition) is 2. The molecule has 1 unspecified atom stereocenters. The number of benzene rings is 1. The normalized spacial score (nSPS) is 15.6. The minimum absolute atomic E-state index is 0.334. The van der Waals surface area contributed by atoms with Crippen molar-refractivity contribution in [1.82, 2.24) is 25.4 Å². The SMILES string of the molecule is CN=C(NCCCc1nnc2n1CCCCC2)NC(C)c1ccc(F)cc1F. The molecule has 1 aromatic heterocycles. The monoisotopic (exact) mass is 390 g/mol. The fraction of sp³-hybridized carbons (Fsp3) is 0.550. The maximum atomic E-state index is 13.9. The standard InChI is InChI=1S/C20H28F2N6/c1-14(16-10-9-15(21)13-17(16)22)25-20(23-2)24-11-6-8-19-27-26-18-7-4-3-5-12-28(18)19/h9-10,13-14H,3-8,11-12H2,1-2H3,(H2,23,24,25). The van der Waals surface area contributed by atoms with Gasteiger partial charge in [0.2, 0.25) is 0 Å². The van der Waals surface area contributed by atoms with Crippen molar-refractivity contribution < 1.29 is 8.78 Å². The lowest BCUT2D eigenvalue weighted by Crippen LogP contribution is -2.39. The van der Waals surface area contributed by atoms with E-state index in [4.69, 9.17) is 0 Å². The molecule has 2 heterocycles. The number of hydrogen-bond acceptors (Lipinski definition) is 3. The van der Waals surface area contributed by atoms with Crippen LogP contribution in [0.2, 0.25) is 0 Å². The van der Waals surface area contributed by atoms with Crippen LogP contribution in [0.1, 0.15) is 55.9 Å². The second-order valence-electron chi connectivity index (χ2n) is 7.13. The van der Waals surface area contributed by atoms with Crippen LogP contribution in [0.3, 0.4) is 0 Å². The Balaban J connectivity index is 1.48. The second kappa shape index (κ2) is 9.61. The zero-order chi connectivity index (χ0) is 19.9. The fourth-order valence-electron chi connectivity index (χ4n) is 3.51. The Kier molecular flexibility index (Phi) is 6.95. The molecule has 152 valence electrons. The maximum absolute atomic E-state index is 13.9. The highest BCUT2D eigenvalue weighted by Gasteiger charge is 2.15. The van der Waals surface area contributed by atoms with E-state index in [1.807, 2.05) is 6.92 Å². The Morgan fingerprint density at radius 3 is 2.89 bits per heavy atom. The summed E-state index contributed by atoms with van der Waals surface area (Å²) >= 11 is 0. The lowest BCUT2D eigenvalue weighted by molar-refractivity contribution is 0.550. The van der Waals surface area contributed by atoms with Gasteiger partial charge in [-0.15, -0.1) is 10.2 Å². The van der Waals surface area contributed by atoms with E-state index in [2.05, 4.69) is 30.4 Å². The van der Waals surface area contributed by atoms with E-state index in [0.717, 1.165) is 43.5 Å². The summed E-state index contributed by atoms with van der Waals surface area (Å²) in [5, 5.41) is 15.1. The van der Waals surface area contributed by atoms with Crippen LogP contribution in [0.25, 0.3) is 0 Å². The Morgan fingerprint density at radius 2 is 2.11 bits per heavy atom. The minimum Gasteiger partial charge on any atom is -0.356 e. The van der Waals surface area contributed by atoms with E-state index in [0.29, 0.717) is 18.1 Å². The Hall–Kier alpha value is -2.51. The molecule has 1 aromatic carbocycles. The van der Waals surface area contributed by atoms with Gasteiger partial charge in [-0.3, -0.25) is 4.99 Å². The summed E-state index contributed by atoms with van der Waals surface area (Å²) in [5.74, 6) is 1.58. The van der Waals surface area contributed by atoms with Gasteiger partial charge in [-0.25, -0.2) is 8.78 Å². The molecule has 2 N–H and O–H groups in total. The highest BCUT2D eigenvalue weighted by Crippen LogP contribution is 2.18. The molecular formula is C20H28F2N6. The van der Waals surface area contributed by atoms with Gasteiger partial charge in [0.1, 0.15) is 23.3 Å². The van der Waals surface area contributed by atoms with Crippen LogP contribution >= 0.6 is 0 Å². The summed E-state index contributed by atoms with van der Waals surface area (Å²) < 4.78 is 29.3. The summed E-state index contributed by atoms with van der Waals surface area (Å²) in [6, 6.07) is 3.27. The second-order valence-corrected chi connectivity index (χ2v) is 7.13. The van der Waals surface area contributed by atoms with E-state index < -0.39 is 11.6 Å². The Labute approximate surface area is 164 Å². The largest absolute Gasteiger partial charge is 0.356 e. The molecule has 0 amide bonds. The van der Waals surface area contributed by atoms with Crippen molar-refractivity contribution >= 4 is 5.96 Å². The molecule has 1 aliphatic rings. The zero-order valence-electron chi connectivity index (χ0n) is 16.5. The predicted octanol–water partition coefficient (Wildman–Crippen LogP) is 3.14. The van der Waals surface area contributed by atoms with Crippen LogP contribution < -0.4 is 10.6 Å². The highest BCUT2D eigenvalue weighted by atomic mass is 19.1. The van der Waals surface area contributed by atoms with Gasteiger partial charge in [0.15, 0.2) is 5.96 Å². The van der Waals surface area contributed by atoms with Crippen molar-refractivity contribution in [3.63, 3.8) is 0 Å². The van der Waals surface area contributed by atoms with E-state index >= 15 is 0 Å². The third-order valence-corrected chi connectivity index (χ3v) is 5.06. The zero-order valence-corrected chi connectivity index (χ0v) is 16.5. The van der Waals surface area contributed by atoms with Gasteiger partial charge < -0.3 is 15.2 Å². The first-order valence-corrected chi connectivity index (χ1v) is 9.91. The van der Waals surface area contributed by atoms with Crippen LogP contribution in [-0.2, 0) is 19.4 Å². The molecule has 2 aromatic rings. The van der Waals surface area contributed by atoms with Gasteiger partial charge in [0, 0.05) is 44.6 Å². The van der Waals surface area contributed by atoms with Gasteiger partial charge >= 0.3 is 0 Å². The summed E-state index contributed by atoms with van der Waals surface area (Å²) in [7, 11) is 1.67. The number of nitrogens with one attached hydrogen (secondary N) is 2. The molecule has 0 aliphatic carbocycles. The van der Waals surface area contributed by atoms with Crippen molar-refractivity contribution in [2.75, 3.05) is 13.6 Å². The molecule has 3 rings (SSSR count). The molecule has 0 saturated carbocycles. The first-order chi connectivity index (χ1) is 13.6. The lowest BCUT2D eigenvalue weighted by atomic mass is 10.1. The maximum Gasteiger partial charge on any atom is 0.191 e. The Morgan fingerprint density at radius 1 is 1.25 bits per heavy atom. The van der Waals surface area contributed by atoms with Crippen LogP contribution in [0.15, 0.2) is 23.2 Å². The summed E-state index contributed by atoms with van der Waals surface area (Å²) in [6.07, 6.45) is 6.37. The number of aryl methyl sites for hydroxylation is 2. The van der Waals surface area contributed by atoms with Crippen molar-refractivity contribution in [3.05, 3.63) is 47.0 Å². The quantitative estimate of drug-likeness (QED) is 0.452. The summed E-state index contributed by atoms with van der Waals surface area (Å²) in [5.41, 5.74) is 0.399. The number of aromatic nitrogens is 3. The number of rotatable bonds is 6. The first kappa shape index (κ1) is 20.2. The van der Waals surface area contributed by atoms with Crippen LogP contribution in [0, 0.1) is 11.6 Å². The van der Waals surface area contributed by atoms with E-state index in [-0.39, 0.29) is 6.04 Å². The van der Waals surface area contributed by atoms with Crippen molar-refractivity contribution in [2.45, 2.75) is 58.0 Å². The van der Waals surface area contributed by atoms with E-state index in [1.165, 1.54) is 31.4 Å². The molecule has 0 spiro atoms. The third kappa shape index (κ3) is 5.05. The molecule has 28 heavy (non-hydrogen) atoms. The molecule has 0 saturated heterocycles. The number of halogens is 2. The summed E-state index contributed by atoms with van der Waals surface area (Å²) in [6.45, 7) is 3.53. The molecule has 0 fully saturated rings. The van der Waals surface area contributed by atoms with Crippen LogP contribution in [0.4, 0.5) is 8.78 Å². The molecule has 1 aliphatic heterocycles. The number of guanidine groups is 1. The molecular weight excluding hydrogens is 362 g/mol. The average Bonchev–Trinajstić information content (AvgIpc) is 2.90. The van der Waals surface area contributed by atoms with E-state index in [9.17, 15) is 8.78 Å². The smallest absolute Gasteiger partial charge is 0.191 e. The number of fused-ring (bicyclic) bond motifs is 1. The Bertz CT molecular complexity index is 817. The number of nitrogens with zero attached hydrogens (tertiary/aromatic N) is 4. The van der Waals surface area contributed by atoms with E-state index in [1.54, 1.807) is 7.05 Å². The van der Waals surface area contributed by atoms with Gasteiger partial charge in [0.05, 0.1) is 6.04 Å². The van der Waals surface area contributed by atoms with Crippen molar-refractivity contribution in [2.24, 2.45) is 4.99 Å². The predicted molar refractivity (Wildman–Crippen MR) is 105 cm³/mol. The summed E-state index contributed by atoms with van der Waals surface area (Å²) in [4.78, 5) is 4.18. The molecule has 6 nitrogen and oxygen atoms in total. The highest BCUT2D eigenvalue weighted by molar-refractivity contribution is 5.80. The minimum atomic E-state index is -0.581. The first-order valence-electron chi connectivity index (χ1n) is 9.91. The third-order valence-electron chi connectivity index (χ3n) is 5.06. The van der Waals surface area contributed by atoms with Crippen molar-refractivity contribution in [1.29, 1.82) is 0 Å². The molecule has 0 bridgehead atoms. The lowest BCUT2D eigenvalue weighted by Gasteiger charge is -2.19. The van der Waals surface area contributed by atoms with Gasteiger partial charge in [0.25, 0.3) is 0 Å².